The zero-order valence-electron chi connectivity index (χ0n) is 27.0. The maximum absolute atomic E-state index is 12.9. The number of carbonyl (C=O) groups excluding carboxylic acids is 1. The molecule has 5 heteroatoms. The van der Waals surface area contributed by atoms with E-state index >= 15 is 0 Å². The van der Waals surface area contributed by atoms with Crippen LogP contribution in [0.4, 0.5) is 0 Å². The second-order valence-corrected chi connectivity index (χ2v) is 12.3. The lowest BCUT2D eigenvalue weighted by Crippen LogP contribution is -1.91. The van der Waals surface area contributed by atoms with Crippen LogP contribution in [0.5, 0.6) is 0 Å². The third kappa shape index (κ3) is 5.09. The van der Waals surface area contributed by atoms with E-state index in [4.69, 9.17) is 9.97 Å². The number of benzene rings is 4. The molecule has 4 aromatic carbocycles. The van der Waals surface area contributed by atoms with E-state index in [1.807, 2.05) is 66.7 Å². The fraction of sp³-hybridized carbons (Fsp3) is 0. The lowest BCUT2D eigenvalue weighted by molar-refractivity contribution is -0.103. The summed E-state index contributed by atoms with van der Waals surface area (Å²) in [6, 6.07) is 49.4. The van der Waals surface area contributed by atoms with E-state index < -0.39 is 0 Å². The molecular weight excluding hydrogens is 613 g/mol. The molecule has 7 aromatic rings. The van der Waals surface area contributed by atoms with Gasteiger partial charge >= 0.3 is 0 Å². The van der Waals surface area contributed by atoms with Crippen molar-refractivity contribution in [3.05, 3.63) is 168 Å². The van der Waals surface area contributed by atoms with Gasteiger partial charge in [0.05, 0.1) is 22.8 Å². The largest absolute Gasteiger partial charge is 0.354 e. The van der Waals surface area contributed by atoms with Crippen LogP contribution in [0.15, 0.2) is 146 Å². The quantitative estimate of drug-likeness (QED) is 0.183. The highest BCUT2D eigenvalue weighted by Gasteiger charge is 2.22. The van der Waals surface area contributed by atoms with Crippen molar-refractivity contribution < 1.29 is 4.79 Å². The number of rotatable bonds is 5. The highest BCUT2D eigenvalue weighted by atomic mass is 16.1. The first-order valence-electron chi connectivity index (χ1n) is 16.6. The molecule has 0 saturated carbocycles. The molecule has 0 fully saturated rings. The first kappa shape index (κ1) is 29.3. The molecule has 5 nitrogen and oxygen atoms in total. The second-order valence-electron chi connectivity index (χ2n) is 12.3. The summed E-state index contributed by atoms with van der Waals surface area (Å²) < 4.78 is 0. The monoisotopic (exact) mass is 642 g/mol. The lowest BCUT2D eigenvalue weighted by atomic mass is 10.00. The molecule has 9 rings (SSSR count). The zero-order chi connectivity index (χ0) is 33.4. The minimum absolute atomic E-state index is 0.519. The van der Waals surface area contributed by atoms with Crippen LogP contribution in [-0.2, 0) is 4.79 Å². The number of fused-ring (bicyclic) bond motifs is 8. The van der Waals surface area contributed by atoms with E-state index in [1.165, 1.54) is 0 Å². The van der Waals surface area contributed by atoms with Crippen molar-refractivity contribution in [2.75, 3.05) is 0 Å². The molecule has 2 aliphatic heterocycles. The second kappa shape index (κ2) is 12.3. The Morgan fingerprint density at radius 2 is 0.760 bits per heavy atom. The van der Waals surface area contributed by atoms with Crippen molar-refractivity contribution in [1.29, 1.82) is 0 Å². The van der Waals surface area contributed by atoms with Crippen molar-refractivity contribution in [3.8, 4) is 44.5 Å². The third-order valence-electron chi connectivity index (χ3n) is 9.27. The number of allylic oxidation sites excluding steroid dienone is 1. The Bertz CT molecular complexity index is 2630. The first-order chi connectivity index (χ1) is 24.7. The van der Waals surface area contributed by atoms with Crippen LogP contribution in [0.25, 0.3) is 90.4 Å². The normalized spacial score (nSPS) is 12.1. The van der Waals surface area contributed by atoms with Crippen LogP contribution >= 0.6 is 0 Å². The minimum atomic E-state index is 0.519. The Morgan fingerprint density at radius 3 is 1.16 bits per heavy atom. The zero-order valence-corrected chi connectivity index (χ0v) is 27.0. The summed E-state index contributed by atoms with van der Waals surface area (Å²) in [6.07, 6.45) is 7.02. The molecule has 2 aliphatic rings. The summed E-state index contributed by atoms with van der Waals surface area (Å²) in [5, 5.41) is 0. The summed E-state index contributed by atoms with van der Waals surface area (Å²) >= 11 is 0. The Labute approximate surface area is 289 Å². The maximum Gasteiger partial charge on any atom is 0.152 e. The van der Waals surface area contributed by atoms with Gasteiger partial charge in [0, 0.05) is 49.9 Å². The Hall–Kier alpha value is -6.85. The van der Waals surface area contributed by atoms with Crippen molar-refractivity contribution in [3.63, 3.8) is 0 Å². The molecule has 0 saturated heterocycles. The average Bonchev–Trinajstić information content (AvgIpc) is 4.00. The number of nitrogens with one attached hydrogen (secondary N) is 2. The fourth-order valence-corrected chi connectivity index (χ4v) is 7.03. The third-order valence-corrected chi connectivity index (χ3v) is 9.27. The molecule has 50 heavy (non-hydrogen) atoms. The fourth-order valence-electron chi connectivity index (χ4n) is 7.03. The van der Waals surface area contributed by atoms with Crippen LogP contribution in [0.1, 0.15) is 22.8 Å². The number of aromatic amines is 2. The molecule has 3 aromatic heterocycles. The van der Waals surface area contributed by atoms with Gasteiger partial charge in [0.1, 0.15) is 0 Å². The standard InChI is InChI=1S/C45H30N4O/c50-28-33-27-40-43(31-17-9-3-10-18-31)38-24-23-36(47-38)41(29-13-5-1-6-14-29)34-21-22-35(46-34)42(30-15-7-2-8-16-30)37-25-26-39(48-37)44(45(33)49-40)32-19-11-4-12-20-32/h1-28,47-48H. The van der Waals surface area contributed by atoms with E-state index in [0.29, 0.717) is 17.0 Å². The van der Waals surface area contributed by atoms with Crippen molar-refractivity contribution in [1.82, 2.24) is 19.9 Å². The molecule has 236 valence electrons. The van der Waals surface area contributed by atoms with Gasteiger partial charge < -0.3 is 9.97 Å². The number of nitrogens with zero attached hydrogens (tertiary/aromatic N) is 2. The predicted molar refractivity (Wildman–Crippen MR) is 206 cm³/mol. The van der Waals surface area contributed by atoms with Gasteiger partial charge in [-0.05, 0) is 64.7 Å². The number of aldehydes is 1. The Balaban J connectivity index is 1.51. The topological polar surface area (TPSA) is 74.4 Å². The van der Waals surface area contributed by atoms with Crippen molar-refractivity contribution in [2.24, 2.45) is 0 Å². The summed E-state index contributed by atoms with van der Waals surface area (Å²) in [4.78, 5) is 31.0. The SMILES string of the molecule is O=CC1=Cc2nc1c(-c1ccccc1)c1ccc([nH]1)c(-c1ccccc1)c1nc(c(-c3ccccc3)c3ccc([nH]3)c2-c2ccccc2)C=C1. The van der Waals surface area contributed by atoms with E-state index in [-0.39, 0.29) is 0 Å². The first-order valence-corrected chi connectivity index (χ1v) is 16.6. The smallest absolute Gasteiger partial charge is 0.152 e. The van der Waals surface area contributed by atoms with Crippen LogP contribution in [0.3, 0.4) is 0 Å². The molecule has 0 atom stereocenters. The molecule has 0 spiro atoms. The lowest BCUT2D eigenvalue weighted by Gasteiger charge is -2.07. The van der Waals surface area contributed by atoms with Gasteiger partial charge in [-0.2, -0.15) is 0 Å². The highest BCUT2D eigenvalue weighted by molar-refractivity contribution is 6.18. The van der Waals surface area contributed by atoms with E-state index in [0.717, 1.165) is 84.2 Å². The molecular formula is C45H30N4O. The molecule has 0 radical (unpaired) electrons. The molecule has 8 bridgehead atoms. The molecule has 5 heterocycles. The number of H-pyrrole nitrogens is 2. The molecule has 0 aliphatic carbocycles. The number of carbonyl (C=O) groups is 1. The van der Waals surface area contributed by atoms with Crippen molar-refractivity contribution >= 4 is 52.2 Å². The number of hydrogen-bond acceptors (Lipinski definition) is 3. The average molecular weight is 643 g/mol. The van der Waals surface area contributed by atoms with Gasteiger partial charge in [-0.25, -0.2) is 9.97 Å². The van der Waals surface area contributed by atoms with Gasteiger partial charge in [-0.1, -0.05) is 121 Å². The van der Waals surface area contributed by atoms with Crippen LogP contribution in [-0.4, -0.2) is 26.2 Å². The molecule has 2 N–H and O–H groups in total. The van der Waals surface area contributed by atoms with E-state index in [2.05, 4.69) is 107 Å². The number of aromatic nitrogens is 4. The Kier molecular flexibility index (Phi) is 7.21. The summed E-state index contributed by atoms with van der Waals surface area (Å²) in [5.74, 6) is 0. The van der Waals surface area contributed by atoms with Gasteiger partial charge in [0.2, 0.25) is 0 Å². The van der Waals surface area contributed by atoms with Crippen LogP contribution in [0, 0.1) is 0 Å². The summed E-state index contributed by atoms with van der Waals surface area (Å²) in [6.45, 7) is 0. The van der Waals surface area contributed by atoms with E-state index in [9.17, 15) is 4.79 Å². The Morgan fingerprint density at radius 1 is 0.400 bits per heavy atom. The number of hydrogen-bond donors (Lipinski definition) is 2. The van der Waals surface area contributed by atoms with E-state index in [1.54, 1.807) is 0 Å². The van der Waals surface area contributed by atoms with Gasteiger partial charge in [-0.15, -0.1) is 0 Å². The molecule has 0 unspecified atom stereocenters. The highest BCUT2D eigenvalue weighted by Crippen LogP contribution is 2.39. The van der Waals surface area contributed by atoms with Crippen LogP contribution < -0.4 is 0 Å². The van der Waals surface area contributed by atoms with Crippen molar-refractivity contribution in [2.45, 2.75) is 0 Å². The summed E-state index contributed by atoms with van der Waals surface area (Å²) in [5.41, 5.74) is 14.9. The molecule has 0 amide bonds. The van der Waals surface area contributed by atoms with Gasteiger partial charge in [-0.3, -0.25) is 4.79 Å². The predicted octanol–water partition coefficient (Wildman–Crippen LogP) is 10.9. The minimum Gasteiger partial charge on any atom is -0.354 e. The summed E-state index contributed by atoms with van der Waals surface area (Å²) in [7, 11) is 0. The van der Waals surface area contributed by atoms with Gasteiger partial charge in [0.25, 0.3) is 0 Å². The van der Waals surface area contributed by atoms with Crippen LogP contribution in [0.2, 0.25) is 0 Å². The van der Waals surface area contributed by atoms with Gasteiger partial charge in [0.15, 0.2) is 6.29 Å². The maximum atomic E-state index is 12.9.